The van der Waals surface area contributed by atoms with Crippen LogP contribution in [0.3, 0.4) is 0 Å². The molecule has 2 atom stereocenters. The topological polar surface area (TPSA) is 121 Å². The second kappa shape index (κ2) is 17.2. The minimum Gasteiger partial charge on any atom is -0.377 e. The fourth-order valence-corrected chi connectivity index (χ4v) is 7.36. The van der Waals surface area contributed by atoms with Gasteiger partial charge in [-0.15, -0.1) is 0 Å². The lowest BCUT2D eigenvalue weighted by Gasteiger charge is -2.41. The highest BCUT2D eigenvalue weighted by molar-refractivity contribution is 5.94. The molecule has 0 spiro atoms. The van der Waals surface area contributed by atoms with Crippen LogP contribution in [0.1, 0.15) is 68.1 Å². The smallest absolute Gasteiger partial charge is 0.253 e. The lowest BCUT2D eigenvalue weighted by atomic mass is 9.80. The molecule has 46 heavy (non-hydrogen) atoms. The van der Waals surface area contributed by atoms with Gasteiger partial charge in [0, 0.05) is 56.8 Å². The van der Waals surface area contributed by atoms with Crippen molar-refractivity contribution in [3.05, 3.63) is 35.6 Å². The van der Waals surface area contributed by atoms with Crippen molar-refractivity contribution in [3.8, 4) is 0 Å². The van der Waals surface area contributed by atoms with Gasteiger partial charge in [0.1, 0.15) is 19.0 Å². The number of carbonyl (C=O) groups is 4. The van der Waals surface area contributed by atoms with E-state index in [2.05, 4.69) is 10.6 Å². The monoisotopic (exact) mass is 643 g/mol. The van der Waals surface area contributed by atoms with E-state index < -0.39 is 5.82 Å². The average Bonchev–Trinajstić information content (AvgIpc) is 3.59. The summed E-state index contributed by atoms with van der Waals surface area (Å²) >= 11 is 0. The molecule has 11 nitrogen and oxygen atoms in total. The Morgan fingerprint density at radius 1 is 0.913 bits per heavy atom. The molecule has 0 unspecified atom stereocenters. The van der Waals surface area contributed by atoms with Crippen LogP contribution in [0.2, 0.25) is 0 Å². The third kappa shape index (κ3) is 9.71. The molecule has 5 aliphatic rings. The van der Waals surface area contributed by atoms with Gasteiger partial charge in [-0.3, -0.25) is 19.2 Å². The molecule has 6 rings (SSSR count). The first-order valence-electron chi connectivity index (χ1n) is 17.1. The predicted octanol–water partition coefficient (Wildman–Crippen LogP) is 2.20. The Balaban J connectivity index is 1.24. The molecule has 1 aromatic rings. The van der Waals surface area contributed by atoms with Crippen LogP contribution in [0, 0.1) is 17.7 Å². The molecule has 4 heterocycles. The number of piperidine rings is 2. The number of amides is 4. The number of benzene rings is 1. The zero-order chi connectivity index (χ0) is 32.3. The number of hydrogen-bond donors (Lipinski definition) is 2. The maximum atomic E-state index is 13.8. The van der Waals surface area contributed by atoms with Gasteiger partial charge in [-0.05, 0) is 81.2 Å². The van der Waals surface area contributed by atoms with E-state index in [0.717, 1.165) is 19.4 Å². The number of fused-ring (bicyclic) bond motifs is 15. The van der Waals surface area contributed by atoms with E-state index in [-0.39, 0.29) is 61.3 Å². The maximum Gasteiger partial charge on any atom is 0.253 e. The molecule has 2 bridgehead atoms. The molecule has 0 aromatic heterocycles. The van der Waals surface area contributed by atoms with Crippen LogP contribution in [0.4, 0.5) is 4.39 Å². The predicted molar refractivity (Wildman–Crippen MR) is 169 cm³/mol. The van der Waals surface area contributed by atoms with Crippen molar-refractivity contribution >= 4 is 23.6 Å². The van der Waals surface area contributed by atoms with E-state index in [1.54, 1.807) is 9.80 Å². The third-order valence-corrected chi connectivity index (χ3v) is 10.1. The Morgan fingerprint density at radius 2 is 1.65 bits per heavy atom. The lowest BCUT2D eigenvalue weighted by Crippen LogP contribution is -2.54. The van der Waals surface area contributed by atoms with Crippen molar-refractivity contribution in [2.24, 2.45) is 11.8 Å². The highest BCUT2D eigenvalue weighted by Gasteiger charge is 2.36. The summed E-state index contributed by atoms with van der Waals surface area (Å²) in [4.78, 5) is 58.4. The van der Waals surface area contributed by atoms with Crippen LogP contribution in [-0.4, -0.2) is 123 Å². The van der Waals surface area contributed by atoms with Gasteiger partial charge in [-0.1, -0.05) is 12.8 Å². The van der Waals surface area contributed by atoms with Crippen LogP contribution in [-0.2, 0) is 23.9 Å². The summed E-state index contributed by atoms with van der Waals surface area (Å²) in [5.41, 5.74) is 0.423. The van der Waals surface area contributed by atoms with E-state index in [1.807, 2.05) is 4.90 Å². The molecule has 1 aromatic carbocycles. The second-order valence-electron chi connectivity index (χ2n) is 13.1. The molecular weight excluding hydrogens is 593 g/mol. The highest BCUT2D eigenvalue weighted by atomic mass is 19.1. The summed E-state index contributed by atoms with van der Waals surface area (Å²) in [6.45, 7) is 3.91. The first kappa shape index (κ1) is 34.3. The SMILES string of the molecule is O=C1C[C@@H]2CCN(C[C@@H]2CCNC2CCCC2)C(=O)CN(C2CCN(C(=O)c3ccc(F)cc3)CC2)C(=O)COCCOCCN1. The standard InChI is InChI=1S/C34H50FN5O6/c35-28-7-5-25(6-8-28)34(44)38-16-11-30(12-17-38)40-23-32(42)39-15-10-26(27(22-39)9-13-36-29-3-1-2-4-29)21-31(41)37-14-18-45-19-20-46-24-33(40)43/h5-8,26-27,29-30,36H,1-4,9-24H2,(H,37,41)/t26-,27-/m0/s1. The molecule has 1 aliphatic carbocycles. The van der Waals surface area contributed by atoms with Crippen molar-refractivity contribution in [1.29, 1.82) is 0 Å². The fourth-order valence-electron chi connectivity index (χ4n) is 7.36. The summed E-state index contributed by atoms with van der Waals surface area (Å²) < 4.78 is 24.6. The Labute approximate surface area is 271 Å². The Morgan fingerprint density at radius 3 is 2.41 bits per heavy atom. The van der Waals surface area contributed by atoms with Crippen molar-refractivity contribution in [2.45, 2.75) is 69.9 Å². The zero-order valence-electron chi connectivity index (χ0n) is 26.9. The van der Waals surface area contributed by atoms with Gasteiger partial charge in [-0.2, -0.15) is 0 Å². The molecular formula is C34H50FN5O6. The number of hydrogen-bond acceptors (Lipinski definition) is 7. The van der Waals surface area contributed by atoms with E-state index in [9.17, 15) is 23.6 Å². The summed E-state index contributed by atoms with van der Waals surface area (Å²) in [5, 5.41) is 6.66. The number of nitrogens with one attached hydrogen (secondary N) is 2. The minimum atomic E-state index is -0.395. The van der Waals surface area contributed by atoms with E-state index in [0.29, 0.717) is 76.8 Å². The number of rotatable bonds is 6. The number of carbonyl (C=O) groups excluding carboxylic acids is 4. The van der Waals surface area contributed by atoms with E-state index in [4.69, 9.17) is 9.47 Å². The fraction of sp³-hybridized carbons (Fsp3) is 0.706. The number of likely N-dealkylation sites (tertiary alicyclic amines) is 1. The first-order chi connectivity index (χ1) is 22.4. The maximum absolute atomic E-state index is 13.8. The van der Waals surface area contributed by atoms with Gasteiger partial charge in [0.25, 0.3) is 5.91 Å². The summed E-state index contributed by atoms with van der Waals surface area (Å²) in [6.07, 6.45) is 8.05. The van der Waals surface area contributed by atoms with Crippen molar-refractivity contribution in [3.63, 3.8) is 0 Å². The molecule has 0 radical (unpaired) electrons. The summed E-state index contributed by atoms with van der Waals surface area (Å²) in [5.74, 6) is -0.539. The Kier molecular flexibility index (Phi) is 12.8. The van der Waals surface area contributed by atoms with Gasteiger partial charge in [0.05, 0.1) is 19.8 Å². The molecule has 2 N–H and O–H groups in total. The van der Waals surface area contributed by atoms with Gasteiger partial charge in [0.15, 0.2) is 0 Å². The number of nitrogens with zero attached hydrogens (tertiary/aromatic N) is 3. The second-order valence-corrected chi connectivity index (χ2v) is 13.1. The van der Waals surface area contributed by atoms with Crippen LogP contribution >= 0.6 is 0 Å². The molecule has 4 amide bonds. The van der Waals surface area contributed by atoms with Crippen LogP contribution in [0.5, 0.6) is 0 Å². The number of ether oxygens (including phenoxy) is 2. The largest absolute Gasteiger partial charge is 0.377 e. The van der Waals surface area contributed by atoms with Gasteiger partial charge in [-0.25, -0.2) is 4.39 Å². The zero-order valence-corrected chi connectivity index (χ0v) is 26.9. The van der Waals surface area contributed by atoms with Gasteiger partial charge >= 0.3 is 0 Å². The van der Waals surface area contributed by atoms with Crippen molar-refractivity contribution in [2.75, 3.05) is 72.2 Å². The van der Waals surface area contributed by atoms with Crippen molar-refractivity contribution in [1.82, 2.24) is 25.3 Å². The quantitative estimate of drug-likeness (QED) is 0.456. The molecule has 4 aliphatic heterocycles. The molecule has 12 heteroatoms. The van der Waals surface area contributed by atoms with Crippen LogP contribution in [0.15, 0.2) is 24.3 Å². The summed E-state index contributed by atoms with van der Waals surface area (Å²) in [7, 11) is 0. The van der Waals surface area contributed by atoms with Gasteiger partial charge < -0.3 is 34.8 Å². The number of halogens is 1. The Hall–Kier alpha value is -3.09. The minimum absolute atomic E-state index is 0.0144. The van der Waals surface area contributed by atoms with Gasteiger partial charge in [0.2, 0.25) is 17.7 Å². The van der Waals surface area contributed by atoms with Crippen molar-refractivity contribution < 1.29 is 33.0 Å². The third-order valence-electron chi connectivity index (χ3n) is 10.1. The van der Waals surface area contributed by atoms with E-state index >= 15 is 0 Å². The molecule has 254 valence electrons. The average molecular weight is 644 g/mol. The van der Waals surface area contributed by atoms with E-state index in [1.165, 1.54) is 49.9 Å². The highest BCUT2D eigenvalue weighted by Crippen LogP contribution is 2.30. The van der Waals surface area contributed by atoms with Crippen LogP contribution in [0.25, 0.3) is 0 Å². The molecule has 1 saturated carbocycles. The molecule has 4 saturated heterocycles. The Bertz CT molecular complexity index is 1170. The summed E-state index contributed by atoms with van der Waals surface area (Å²) in [6, 6.07) is 5.85. The normalized spacial score (nSPS) is 25.4. The lowest BCUT2D eigenvalue weighted by molar-refractivity contribution is -0.148. The first-order valence-corrected chi connectivity index (χ1v) is 17.1. The van der Waals surface area contributed by atoms with Crippen LogP contribution < -0.4 is 10.6 Å². The molecule has 5 fully saturated rings.